The number of alkyl halides is 3. The molecule has 1 fully saturated rings. The van der Waals surface area contributed by atoms with E-state index in [-0.39, 0.29) is 18.5 Å². The second-order valence-corrected chi connectivity index (χ2v) is 7.89. The van der Waals surface area contributed by atoms with Crippen molar-refractivity contribution in [3.63, 3.8) is 0 Å². The van der Waals surface area contributed by atoms with Crippen LogP contribution < -0.4 is 9.64 Å². The normalized spacial score (nSPS) is 14.6. The number of anilines is 1. The van der Waals surface area contributed by atoms with Gasteiger partial charge in [0, 0.05) is 55.6 Å². The summed E-state index contributed by atoms with van der Waals surface area (Å²) < 4.78 is 50.4. The number of nitrogens with zero attached hydrogens (tertiary/aromatic N) is 3. The zero-order valence-corrected chi connectivity index (χ0v) is 18.6. The number of hydrogen-bond donors (Lipinski definition) is 0. The lowest BCUT2D eigenvalue weighted by Gasteiger charge is -2.33. The third kappa shape index (κ3) is 5.47. The van der Waals surface area contributed by atoms with Gasteiger partial charge >= 0.3 is 12.1 Å². The highest BCUT2D eigenvalue weighted by Gasteiger charge is 2.35. The Morgan fingerprint density at radius 2 is 1.82 bits per heavy atom. The fourth-order valence-electron chi connectivity index (χ4n) is 3.85. The van der Waals surface area contributed by atoms with Gasteiger partial charge in [0.05, 0.1) is 17.7 Å². The summed E-state index contributed by atoms with van der Waals surface area (Å²) in [4.78, 5) is 22.7. The molecule has 34 heavy (non-hydrogen) atoms. The van der Waals surface area contributed by atoms with Gasteiger partial charge in [0.25, 0.3) is 0 Å². The highest BCUT2D eigenvalue weighted by atomic mass is 19.4. The van der Waals surface area contributed by atoms with Crippen LogP contribution in [0.2, 0.25) is 0 Å². The zero-order valence-electron chi connectivity index (χ0n) is 18.6. The second kappa shape index (κ2) is 10.1. The maximum atomic E-state index is 13.2. The van der Waals surface area contributed by atoms with Crippen LogP contribution in [0.15, 0.2) is 61.1 Å². The van der Waals surface area contributed by atoms with Crippen molar-refractivity contribution in [2.45, 2.75) is 32.0 Å². The number of hydrogen-bond acceptors (Lipinski definition) is 6. The second-order valence-electron chi connectivity index (χ2n) is 7.89. The summed E-state index contributed by atoms with van der Waals surface area (Å²) in [7, 11) is 0. The van der Waals surface area contributed by atoms with E-state index in [0.29, 0.717) is 31.5 Å². The molecule has 4 rings (SSSR count). The molecule has 1 aromatic carbocycles. The van der Waals surface area contributed by atoms with Gasteiger partial charge in [-0.1, -0.05) is 12.1 Å². The van der Waals surface area contributed by atoms with E-state index >= 15 is 0 Å². The van der Waals surface area contributed by atoms with E-state index in [2.05, 4.69) is 14.9 Å². The number of pyridine rings is 2. The van der Waals surface area contributed by atoms with Gasteiger partial charge in [0.1, 0.15) is 17.7 Å². The standard InChI is InChI=1S/C25H24F3N3O3/c1-2-33-24(32)19-13-18(14-29-15-19)17-7-8-23(30-16-17)31-11-9-20(10-12-31)34-22-6-4-3-5-21(22)25(26,27)28/h3-8,13-16,20H,2,9-12H2,1H3. The van der Waals surface area contributed by atoms with Crippen LogP contribution in [0, 0.1) is 0 Å². The number of esters is 1. The van der Waals surface area contributed by atoms with E-state index < -0.39 is 17.7 Å². The van der Waals surface area contributed by atoms with Crippen molar-refractivity contribution < 1.29 is 27.4 Å². The van der Waals surface area contributed by atoms with Crippen molar-refractivity contribution >= 4 is 11.8 Å². The van der Waals surface area contributed by atoms with E-state index in [1.807, 2.05) is 12.1 Å². The van der Waals surface area contributed by atoms with Crippen molar-refractivity contribution in [1.82, 2.24) is 9.97 Å². The third-order valence-corrected chi connectivity index (χ3v) is 5.58. The van der Waals surface area contributed by atoms with Crippen molar-refractivity contribution in [1.29, 1.82) is 0 Å². The zero-order chi connectivity index (χ0) is 24.1. The number of para-hydroxylation sites is 1. The maximum Gasteiger partial charge on any atom is 0.419 e. The highest BCUT2D eigenvalue weighted by Crippen LogP contribution is 2.37. The van der Waals surface area contributed by atoms with Crippen LogP contribution in [0.25, 0.3) is 11.1 Å². The summed E-state index contributed by atoms with van der Waals surface area (Å²) in [5.74, 6) is 0.214. The molecule has 3 heterocycles. The molecule has 0 bridgehead atoms. The molecule has 6 nitrogen and oxygen atoms in total. The Labute approximate surface area is 195 Å². The molecule has 0 amide bonds. The lowest BCUT2D eigenvalue weighted by Crippen LogP contribution is -2.38. The predicted octanol–water partition coefficient (Wildman–Crippen LogP) is 5.39. The molecule has 1 aliphatic heterocycles. The molecule has 2 aromatic heterocycles. The first-order valence-corrected chi connectivity index (χ1v) is 11.0. The first-order chi connectivity index (χ1) is 16.3. The fraction of sp³-hybridized carbons (Fsp3) is 0.320. The van der Waals surface area contributed by atoms with Crippen LogP contribution in [0.1, 0.15) is 35.7 Å². The van der Waals surface area contributed by atoms with Crippen molar-refractivity contribution in [2.24, 2.45) is 0 Å². The largest absolute Gasteiger partial charge is 0.490 e. The molecule has 0 radical (unpaired) electrons. The molecule has 3 aromatic rings. The Morgan fingerprint density at radius 1 is 1.06 bits per heavy atom. The van der Waals surface area contributed by atoms with E-state index in [9.17, 15) is 18.0 Å². The third-order valence-electron chi connectivity index (χ3n) is 5.58. The fourth-order valence-corrected chi connectivity index (χ4v) is 3.85. The Morgan fingerprint density at radius 3 is 2.50 bits per heavy atom. The van der Waals surface area contributed by atoms with Crippen LogP contribution in [-0.4, -0.2) is 41.7 Å². The van der Waals surface area contributed by atoms with Crippen LogP contribution in [0.3, 0.4) is 0 Å². The summed E-state index contributed by atoms with van der Waals surface area (Å²) in [6.45, 7) is 3.26. The molecule has 0 aliphatic carbocycles. The minimum absolute atomic E-state index is 0.130. The molecule has 1 aliphatic rings. The van der Waals surface area contributed by atoms with Gasteiger partial charge in [-0.25, -0.2) is 9.78 Å². The molecule has 178 valence electrons. The van der Waals surface area contributed by atoms with Gasteiger partial charge in [0.15, 0.2) is 0 Å². The van der Waals surface area contributed by atoms with Gasteiger partial charge < -0.3 is 14.4 Å². The van der Waals surface area contributed by atoms with E-state index in [1.165, 1.54) is 18.3 Å². The lowest BCUT2D eigenvalue weighted by atomic mass is 10.1. The minimum atomic E-state index is -4.45. The van der Waals surface area contributed by atoms with Crippen molar-refractivity contribution in [2.75, 3.05) is 24.6 Å². The van der Waals surface area contributed by atoms with Crippen molar-refractivity contribution in [3.05, 3.63) is 72.2 Å². The van der Waals surface area contributed by atoms with Crippen LogP contribution in [0.5, 0.6) is 5.75 Å². The van der Waals surface area contributed by atoms with Gasteiger partial charge in [-0.2, -0.15) is 13.2 Å². The topological polar surface area (TPSA) is 64.5 Å². The van der Waals surface area contributed by atoms with Crippen LogP contribution >= 0.6 is 0 Å². The SMILES string of the molecule is CCOC(=O)c1cncc(-c2ccc(N3CCC(Oc4ccccc4C(F)(F)F)CC3)nc2)c1. The molecule has 0 N–H and O–H groups in total. The monoisotopic (exact) mass is 471 g/mol. The number of carbonyl (C=O) groups excluding carboxylic acids is 1. The molecular weight excluding hydrogens is 447 g/mol. The predicted molar refractivity (Wildman–Crippen MR) is 121 cm³/mol. The molecule has 0 saturated carbocycles. The summed E-state index contributed by atoms with van der Waals surface area (Å²) in [6, 6.07) is 10.8. The van der Waals surface area contributed by atoms with E-state index in [1.54, 1.807) is 31.5 Å². The number of carbonyl (C=O) groups is 1. The molecule has 1 saturated heterocycles. The van der Waals surface area contributed by atoms with E-state index in [4.69, 9.17) is 9.47 Å². The Kier molecular flexibility index (Phi) is 7.00. The number of ether oxygens (including phenoxy) is 2. The van der Waals surface area contributed by atoms with Crippen LogP contribution in [0.4, 0.5) is 19.0 Å². The van der Waals surface area contributed by atoms with Gasteiger partial charge in [-0.3, -0.25) is 4.98 Å². The Balaban J connectivity index is 1.38. The summed E-state index contributed by atoms with van der Waals surface area (Å²) in [5, 5.41) is 0. The summed E-state index contributed by atoms with van der Waals surface area (Å²) in [6.07, 6.45) is 1.25. The molecular formula is C25H24F3N3O3. The first kappa shape index (κ1) is 23.5. The van der Waals surface area contributed by atoms with Gasteiger partial charge in [-0.15, -0.1) is 0 Å². The maximum absolute atomic E-state index is 13.2. The smallest absolute Gasteiger partial charge is 0.419 e. The number of aromatic nitrogens is 2. The quantitative estimate of drug-likeness (QED) is 0.450. The lowest BCUT2D eigenvalue weighted by molar-refractivity contribution is -0.139. The van der Waals surface area contributed by atoms with Gasteiger partial charge in [-0.05, 0) is 37.3 Å². The number of halogens is 3. The first-order valence-electron chi connectivity index (χ1n) is 11.0. The average molecular weight is 471 g/mol. The Hall–Kier alpha value is -3.62. The van der Waals surface area contributed by atoms with Crippen molar-refractivity contribution in [3.8, 4) is 16.9 Å². The molecule has 0 spiro atoms. The summed E-state index contributed by atoms with van der Waals surface area (Å²) in [5.41, 5.74) is 1.18. The average Bonchev–Trinajstić information content (AvgIpc) is 2.85. The number of piperidine rings is 1. The van der Waals surface area contributed by atoms with Crippen LogP contribution in [-0.2, 0) is 10.9 Å². The molecule has 0 unspecified atom stereocenters. The summed E-state index contributed by atoms with van der Waals surface area (Å²) >= 11 is 0. The highest BCUT2D eigenvalue weighted by molar-refractivity contribution is 5.90. The minimum Gasteiger partial charge on any atom is -0.490 e. The number of rotatable bonds is 6. The van der Waals surface area contributed by atoms with E-state index in [0.717, 1.165) is 23.0 Å². The van der Waals surface area contributed by atoms with Gasteiger partial charge in [0.2, 0.25) is 0 Å². The Bertz CT molecular complexity index is 1130. The number of benzene rings is 1. The molecule has 9 heteroatoms. The molecule has 0 atom stereocenters.